The lowest BCUT2D eigenvalue weighted by Crippen LogP contribution is -2.28. The largest absolute Gasteiger partial charge is 0.300 e. The number of halogens is 1. The molecule has 1 heterocycles. The molecule has 0 aliphatic carbocycles. The van der Waals surface area contributed by atoms with Crippen LogP contribution in [0.1, 0.15) is 15.2 Å². The van der Waals surface area contributed by atoms with Crippen LogP contribution >= 0.6 is 30.5 Å². The Morgan fingerprint density at radius 2 is 2.21 bits per heavy atom. The summed E-state index contributed by atoms with van der Waals surface area (Å²) in [5, 5.41) is 2.01. The normalized spacial score (nSPS) is 11.4. The van der Waals surface area contributed by atoms with Gasteiger partial charge in [0, 0.05) is 4.88 Å². The van der Waals surface area contributed by atoms with Gasteiger partial charge in [0.25, 0.3) is 5.91 Å². The molecule has 0 aromatic carbocycles. The molecular formula is C6H9ClN3O2PS. The molecule has 1 amide bonds. The second kappa shape index (κ2) is 4.00. The van der Waals surface area contributed by atoms with Crippen molar-refractivity contribution in [2.75, 3.05) is 0 Å². The maximum atomic E-state index is 11.4. The molecule has 8 heteroatoms. The van der Waals surface area contributed by atoms with Gasteiger partial charge in [0.05, 0.1) is 9.90 Å². The molecule has 0 saturated carbocycles. The fourth-order valence-electron chi connectivity index (χ4n) is 0.890. The van der Waals surface area contributed by atoms with E-state index in [9.17, 15) is 9.36 Å². The number of carbonyl (C=O) groups is 1. The molecule has 0 aliphatic heterocycles. The van der Waals surface area contributed by atoms with Crippen LogP contribution in [0.5, 0.6) is 0 Å². The van der Waals surface area contributed by atoms with Crippen LogP contribution in [0.2, 0.25) is 4.34 Å². The maximum Gasteiger partial charge on any atom is 0.300 e. The molecule has 0 saturated heterocycles. The molecule has 0 atom stereocenters. The summed E-state index contributed by atoms with van der Waals surface area (Å²) in [5.74, 6) is -0.570. The molecular weight excluding hydrogens is 245 g/mol. The van der Waals surface area contributed by atoms with Gasteiger partial charge in [-0.05, 0) is 13.0 Å². The zero-order chi connectivity index (χ0) is 10.9. The van der Waals surface area contributed by atoms with Crippen molar-refractivity contribution in [1.82, 2.24) is 5.09 Å². The molecule has 1 aromatic rings. The second-order valence-electron chi connectivity index (χ2n) is 2.67. The van der Waals surface area contributed by atoms with Gasteiger partial charge in [0.15, 0.2) is 0 Å². The summed E-state index contributed by atoms with van der Waals surface area (Å²) in [6, 6.07) is 1.48. The standard InChI is InChI=1S/C6H9ClN3O2PS/c1-3-4(2-5(7)14-3)6(11)10-13(8,9)12/h2H,1H3,(H5,8,9,10,11,12). The van der Waals surface area contributed by atoms with Gasteiger partial charge < -0.3 is 0 Å². The van der Waals surface area contributed by atoms with E-state index in [0.29, 0.717) is 9.90 Å². The van der Waals surface area contributed by atoms with Crippen LogP contribution in [0.25, 0.3) is 0 Å². The van der Waals surface area contributed by atoms with Crippen LogP contribution < -0.4 is 16.1 Å². The number of nitrogens with two attached hydrogens (primary N) is 2. The monoisotopic (exact) mass is 253 g/mol. The van der Waals surface area contributed by atoms with E-state index in [-0.39, 0.29) is 0 Å². The van der Waals surface area contributed by atoms with E-state index in [4.69, 9.17) is 22.6 Å². The van der Waals surface area contributed by atoms with Gasteiger partial charge in [-0.3, -0.25) is 25.5 Å². The lowest BCUT2D eigenvalue weighted by molar-refractivity contribution is 0.0980. The minimum atomic E-state index is -3.54. The summed E-state index contributed by atoms with van der Waals surface area (Å²) in [7, 11) is -3.54. The molecule has 0 fully saturated rings. The van der Waals surface area contributed by atoms with Crippen LogP contribution in [0.15, 0.2) is 6.07 Å². The topological polar surface area (TPSA) is 98.2 Å². The fraction of sp³-hybridized carbons (Fsp3) is 0.167. The number of amides is 1. The first-order valence-corrected chi connectivity index (χ1v) is 6.59. The van der Waals surface area contributed by atoms with Crippen molar-refractivity contribution < 1.29 is 9.36 Å². The Kier molecular flexibility index (Phi) is 3.34. The van der Waals surface area contributed by atoms with E-state index in [1.54, 1.807) is 6.92 Å². The van der Waals surface area contributed by atoms with E-state index < -0.39 is 13.5 Å². The van der Waals surface area contributed by atoms with Gasteiger partial charge in [-0.2, -0.15) is 0 Å². The number of thiophene rings is 1. The van der Waals surface area contributed by atoms with Crippen molar-refractivity contribution in [1.29, 1.82) is 0 Å². The molecule has 0 aliphatic rings. The third kappa shape index (κ3) is 3.08. The molecule has 0 spiro atoms. The Morgan fingerprint density at radius 1 is 1.64 bits per heavy atom. The third-order valence-electron chi connectivity index (χ3n) is 1.41. The number of hydrogen-bond acceptors (Lipinski definition) is 3. The van der Waals surface area contributed by atoms with Crippen molar-refractivity contribution in [3.05, 3.63) is 20.8 Å². The molecule has 1 rings (SSSR count). The fourth-order valence-corrected chi connectivity index (χ4v) is 2.52. The van der Waals surface area contributed by atoms with Crippen molar-refractivity contribution in [3.63, 3.8) is 0 Å². The number of rotatable bonds is 2. The molecule has 14 heavy (non-hydrogen) atoms. The number of nitrogens with one attached hydrogen (secondary N) is 1. The second-order valence-corrected chi connectivity index (χ2v) is 6.20. The van der Waals surface area contributed by atoms with E-state index >= 15 is 0 Å². The highest BCUT2D eigenvalue weighted by molar-refractivity contribution is 7.57. The van der Waals surface area contributed by atoms with Crippen LogP contribution in [0.4, 0.5) is 0 Å². The van der Waals surface area contributed by atoms with Gasteiger partial charge in [0.2, 0.25) is 0 Å². The van der Waals surface area contributed by atoms with Crippen molar-refractivity contribution in [2.45, 2.75) is 6.92 Å². The Hall–Kier alpha value is -0.390. The van der Waals surface area contributed by atoms with E-state index in [0.717, 1.165) is 4.88 Å². The minimum absolute atomic E-state index is 0.344. The Morgan fingerprint density at radius 3 is 2.57 bits per heavy atom. The summed E-state index contributed by atoms with van der Waals surface area (Å²) in [6.45, 7) is 1.73. The van der Waals surface area contributed by atoms with Crippen molar-refractivity contribution in [3.8, 4) is 0 Å². The van der Waals surface area contributed by atoms with E-state index in [1.807, 2.05) is 5.09 Å². The highest BCUT2D eigenvalue weighted by atomic mass is 35.5. The summed E-state index contributed by atoms with van der Waals surface area (Å²) in [4.78, 5) is 12.1. The third-order valence-corrected chi connectivity index (χ3v) is 3.14. The summed E-state index contributed by atoms with van der Waals surface area (Å²) >= 11 is 6.94. The van der Waals surface area contributed by atoms with E-state index in [2.05, 4.69) is 0 Å². The number of hydrogen-bond donors (Lipinski definition) is 3. The van der Waals surface area contributed by atoms with Crippen molar-refractivity contribution >= 4 is 36.4 Å². The smallest absolute Gasteiger partial charge is 0.279 e. The highest BCUT2D eigenvalue weighted by Crippen LogP contribution is 2.27. The molecule has 0 unspecified atom stereocenters. The zero-order valence-corrected chi connectivity index (χ0v) is 9.75. The minimum Gasteiger partial charge on any atom is -0.279 e. The predicted octanol–water partition coefficient (Wildman–Crippen LogP) is 1.47. The first kappa shape index (κ1) is 11.7. The quantitative estimate of drug-likeness (QED) is 0.695. The highest BCUT2D eigenvalue weighted by Gasteiger charge is 2.18. The Balaban J connectivity index is 2.90. The predicted molar refractivity (Wildman–Crippen MR) is 57.5 cm³/mol. The SMILES string of the molecule is Cc1sc(Cl)cc1C(=O)NP(N)(N)=O. The van der Waals surface area contributed by atoms with Gasteiger partial charge in [0.1, 0.15) is 0 Å². The molecule has 78 valence electrons. The summed E-state index contributed by atoms with van der Waals surface area (Å²) < 4.78 is 11.4. The van der Waals surface area contributed by atoms with Crippen LogP contribution in [-0.4, -0.2) is 5.91 Å². The molecule has 5 N–H and O–H groups in total. The molecule has 0 bridgehead atoms. The number of aryl methyl sites for hydroxylation is 1. The molecule has 1 aromatic heterocycles. The Labute approximate surface area is 90.0 Å². The molecule has 5 nitrogen and oxygen atoms in total. The van der Waals surface area contributed by atoms with Gasteiger partial charge in [-0.1, -0.05) is 11.6 Å². The summed E-state index contributed by atoms with van der Waals surface area (Å²) in [5.41, 5.74) is 10.3. The maximum absolute atomic E-state index is 11.4. The number of carbonyl (C=O) groups excluding carboxylic acids is 1. The first-order valence-electron chi connectivity index (χ1n) is 3.55. The zero-order valence-electron chi connectivity index (χ0n) is 7.28. The summed E-state index contributed by atoms with van der Waals surface area (Å²) in [6.07, 6.45) is 0. The van der Waals surface area contributed by atoms with Crippen LogP contribution in [0.3, 0.4) is 0 Å². The van der Waals surface area contributed by atoms with Gasteiger partial charge >= 0.3 is 7.59 Å². The average Bonchev–Trinajstić information content (AvgIpc) is 2.26. The van der Waals surface area contributed by atoms with Crippen LogP contribution in [-0.2, 0) is 4.57 Å². The Bertz CT molecular complexity index is 413. The average molecular weight is 254 g/mol. The lowest BCUT2D eigenvalue weighted by Gasteiger charge is -2.07. The first-order chi connectivity index (χ1) is 6.29. The van der Waals surface area contributed by atoms with Gasteiger partial charge in [-0.15, -0.1) is 11.3 Å². The van der Waals surface area contributed by atoms with E-state index in [1.165, 1.54) is 17.4 Å². The van der Waals surface area contributed by atoms with Gasteiger partial charge in [-0.25, -0.2) is 0 Å². The van der Waals surface area contributed by atoms with Crippen LogP contribution in [0, 0.1) is 6.92 Å². The van der Waals surface area contributed by atoms with Crippen molar-refractivity contribution in [2.24, 2.45) is 11.0 Å². The lowest BCUT2D eigenvalue weighted by atomic mass is 10.3. The molecule has 0 radical (unpaired) electrons.